The summed E-state index contributed by atoms with van der Waals surface area (Å²) >= 11 is 0. The fourth-order valence-electron chi connectivity index (χ4n) is 2.16. The summed E-state index contributed by atoms with van der Waals surface area (Å²) in [5, 5.41) is 10.6. The standard InChI is InChI=1S/C17H20O2/c1-13-4-8-15(9-5-13)17(2,18)12-14-6-10-16(19-3)11-7-14/h4-11,18H,12H2,1-3H3. The molecule has 0 saturated heterocycles. The fraction of sp³-hybridized carbons (Fsp3) is 0.294. The summed E-state index contributed by atoms with van der Waals surface area (Å²) in [4.78, 5) is 0. The lowest BCUT2D eigenvalue weighted by Crippen LogP contribution is -2.24. The van der Waals surface area contributed by atoms with Gasteiger partial charge in [-0.15, -0.1) is 0 Å². The predicted molar refractivity (Wildman–Crippen MR) is 77.4 cm³/mol. The molecule has 0 radical (unpaired) electrons. The van der Waals surface area contributed by atoms with E-state index in [9.17, 15) is 5.11 Å². The molecule has 0 heterocycles. The van der Waals surface area contributed by atoms with E-state index < -0.39 is 5.60 Å². The van der Waals surface area contributed by atoms with Crippen LogP contribution in [0.2, 0.25) is 0 Å². The Hall–Kier alpha value is -1.80. The van der Waals surface area contributed by atoms with Crippen molar-refractivity contribution in [2.24, 2.45) is 0 Å². The largest absolute Gasteiger partial charge is 0.497 e. The normalized spacial score (nSPS) is 13.9. The average Bonchev–Trinajstić information content (AvgIpc) is 2.40. The first kappa shape index (κ1) is 13.6. The molecule has 1 unspecified atom stereocenters. The van der Waals surface area contributed by atoms with Crippen LogP contribution in [0.4, 0.5) is 0 Å². The van der Waals surface area contributed by atoms with Crippen LogP contribution < -0.4 is 4.74 Å². The highest BCUT2D eigenvalue weighted by atomic mass is 16.5. The molecule has 19 heavy (non-hydrogen) atoms. The maximum absolute atomic E-state index is 10.6. The van der Waals surface area contributed by atoms with E-state index in [-0.39, 0.29) is 0 Å². The second kappa shape index (κ2) is 5.45. The van der Waals surface area contributed by atoms with Gasteiger partial charge in [-0.25, -0.2) is 0 Å². The molecule has 100 valence electrons. The van der Waals surface area contributed by atoms with Crippen LogP contribution in [-0.4, -0.2) is 12.2 Å². The second-order valence-electron chi connectivity index (χ2n) is 5.16. The fourth-order valence-corrected chi connectivity index (χ4v) is 2.16. The van der Waals surface area contributed by atoms with E-state index in [1.165, 1.54) is 5.56 Å². The van der Waals surface area contributed by atoms with Crippen molar-refractivity contribution >= 4 is 0 Å². The number of hydrogen-bond donors (Lipinski definition) is 1. The Morgan fingerprint density at radius 3 is 2.11 bits per heavy atom. The third kappa shape index (κ3) is 3.36. The molecule has 2 aromatic rings. The third-order valence-corrected chi connectivity index (χ3v) is 3.38. The minimum absolute atomic E-state index is 0.583. The molecule has 2 nitrogen and oxygen atoms in total. The van der Waals surface area contributed by atoms with Crippen molar-refractivity contribution in [1.29, 1.82) is 0 Å². The highest BCUT2D eigenvalue weighted by Gasteiger charge is 2.23. The summed E-state index contributed by atoms with van der Waals surface area (Å²) in [6, 6.07) is 15.8. The molecule has 0 aromatic heterocycles. The first-order valence-electron chi connectivity index (χ1n) is 6.44. The SMILES string of the molecule is COc1ccc(CC(C)(O)c2ccc(C)cc2)cc1. The quantitative estimate of drug-likeness (QED) is 0.907. The summed E-state index contributed by atoms with van der Waals surface area (Å²) in [7, 11) is 1.65. The topological polar surface area (TPSA) is 29.5 Å². The van der Waals surface area contributed by atoms with Gasteiger partial charge < -0.3 is 9.84 Å². The van der Waals surface area contributed by atoms with Crippen molar-refractivity contribution < 1.29 is 9.84 Å². The highest BCUT2D eigenvalue weighted by molar-refractivity contribution is 5.31. The van der Waals surface area contributed by atoms with E-state index in [0.29, 0.717) is 6.42 Å². The van der Waals surface area contributed by atoms with Crippen LogP contribution >= 0.6 is 0 Å². The number of ether oxygens (including phenoxy) is 1. The van der Waals surface area contributed by atoms with Crippen molar-refractivity contribution in [1.82, 2.24) is 0 Å². The number of aryl methyl sites for hydroxylation is 1. The molecule has 2 heteroatoms. The Labute approximate surface area is 114 Å². The van der Waals surface area contributed by atoms with Crippen molar-refractivity contribution in [3.05, 3.63) is 65.2 Å². The van der Waals surface area contributed by atoms with E-state index in [0.717, 1.165) is 16.9 Å². The Kier molecular flexibility index (Phi) is 3.91. The van der Waals surface area contributed by atoms with Gasteiger partial charge in [0.2, 0.25) is 0 Å². The lowest BCUT2D eigenvalue weighted by molar-refractivity contribution is 0.0576. The summed E-state index contributed by atoms with van der Waals surface area (Å²) < 4.78 is 5.13. The lowest BCUT2D eigenvalue weighted by atomic mass is 9.89. The van der Waals surface area contributed by atoms with Gasteiger partial charge in [0.1, 0.15) is 5.75 Å². The molecule has 1 N–H and O–H groups in total. The van der Waals surface area contributed by atoms with Gasteiger partial charge in [0.25, 0.3) is 0 Å². The molecule has 2 aromatic carbocycles. The predicted octanol–water partition coefficient (Wildman–Crippen LogP) is 3.45. The number of hydrogen-bond acceptors (Lipinski definition) is 2. The molecule has 0 aliphatic heterocycles. The number of benzene rings is 2. The molecule has 0 bridgehead atoms. The van der Waals surface area contributed by atoms with Crippen LogP contribution in [0.5, 0.6) is 5.75 Å². The monoisotopic (exact) mass is 256 g/mol. The van der Waals surface area contributed by atoms with Crippen LogP contribution in [0.3, 0.4) is 0 Å². The van der Waals surface area contributed by atoms with Crippen LogP contribution in [0.1, 0.15) is 23.6 Å². The average molecular weight is 256 g/mol. The molecular formula is C17H20O2. The van der Waals surface area contributed by atoms with Crippen molar-refractivity contribution in [2.75, 3.05) is 7.11 Å². The molecule has 0 spiro atoms. The molecule has 2 rings (SSSR count). The van der Waals surface area contributed by atoms with Gasteiger partial charge in [-0.3, -0.25) is 0 Å². The van der Waals surface area contributed by atoms with Crippen LogP contribution in [0.25, 0.3) is 0 Å². The van der Waals surface area contributed by atoms with Gasteiger partial charge in [-0.1, -0.05) is 42.0 Å². The maximum Gasteiger partial charge on any atom is 0.118 e. The zero-order valence-electron chi connectivity index (χ0n) is 11.7. The first-order valence-corrected chi connectivity index (χ1v) is 6.44. The molecule has 0 amide bonds. The molecule has 0 aliphatic rings. The van der Waals surface area contributed by atoms with Crippen molar-refractivity contribution in [3.63, 3.8) is 0 Å². The molecule has 1 atom stereocenters. The van der Waals surface area contributed by atoms with Crippen molar-refractivity contribution in [2.45, 2.75) is 25.9 Å². The van der Waals surface area contributed by atoms with E-state index >= 15 is 0 Å². The Bertz CT molecular complexity index is 524. The number of aliphatic hydroxyl groups is 1. The molecule has 0 saturated carbocycles. The van der Waals surface area contributed by atoms with Gasteiger partial charge in [0.15, 0.2) is 0 Å². The minimum atomic E-state index is -0.859. The molecule has 0 fully saturated rings. The van der Waals surface area contributed by atoms with Crippen LogP contribution in [-0.2, 0) is 12.0 Å². The van der Waals surface area contributed by atoms with Gasteiger partial charge in [-0.2, -0.15) is 0 Å². The molecular weight excluding hydrogens is 236 g/mol. The van der Waals surface area contributed by atoms with E-state index in [1.807, 2.05) is 62.4 Å². The van der Waals surface area contributed by atoms with E-state index in [4.69, 9.17) is 4.74 Å². The Balaban J connectivity index is 2.17. The van der Waals surface area contributed by atoms with E-state index in [2.05, 4.69) is 0 Å². The highest BCUT2D eigenvalue weighted by Crippen LogP contribution is 2.26. The second-order valence-corrected chi connectivity index (χ2v) is 5.16. The Morgan fingerprint density at radius 1 is 1.00 bits per heavy atom. The summed E-state index contributed by atoms with van der Waals surface area (Å²) in [5.41, 5.74) is 2.37. The summed E-state index contributed by atoms with van der Waals surface area (Å²) in [6.45, 7) is 3.89. The zero-order valence-corrected chi connectivity index (χ0v) is 11.7. The zero-order chi connectivity index (χ0) is 13.9. The minimum Gasteiger partial charge on any atom is -0.497 e. The summed E-state index contributed by atoms with van der Waals surface area (Å²) in [5.74, 6) is 0.832. The van der Waals surface area contributed by atoms with Gasteiger partial charge in [0.05, 0.1) is 12.7 Å². The molecule has 0 aliphatic carbocycles. The number of rotatable bonds is 4. The van der Waals surface area contributed by atoms with E-state index in [1.54, 1.807) is 7.11 Å². The van der Waals surface area contributed by atoms with Crippen LogP contribution in [0.15, 0.2) is 48.5 Å². The van der Waals surface area contributed by atoms with Gasteiger partial charge in [0, 0.05) is 6.42 Å². The van der Waals surface area contributed by atoms with Crippen LogP contribution in [0, 0.1) is 6.92 Å². The van der Waals surface area contributed by atoms with Crippen molar-refractivity contribution in [3.8, 4) is 5.75 Å². The number of methoxy groups -OCH3 is 1. The van der Waals surface area contributed by atoms with Gasteiger partial charge >= 0.3 is 0 Å². The maximum atomic E-state index is 10.6. The first-order chi connectivity index (χ1) is 9.01. The Morgan fingerprint density at radius 2 is 1.58 bits per heavy atom. The summed E-state index contributed by atoms with van der Waals surface area (Å²) in [6.07, 6.45) is 0.583. The lowest BCUT2D eigenvalue weighted by Gasteiger charge is -2.24. The van der Waals surface area contributed by atoms with Gasteiger partial charge in [-0.05, 0) is 37.1 Å². The smallest absolute Gasteiger partial charge is 0.118 e. The third-order valence-electron chi connectivity index (χ3n) is 3.38.